The van der Waals surface area contributed by atoms with Gasteiger partial charge in [0.2, 0.25) is 5.78 Å². The smallest absolute Gasteiger partial charge is 0.200 e. The van der Waals surface area contributed by atoms with Gasteiger partial charge >= 0.3 is 0 Å². The number of hydrogen-bond acceptors (Lipinski definition) is 6. The Labute approximate surface area is 113 Å². The molecule has 0 amide bonds. The monoisotopic (exact) mass is 276 g/mol. The van der Waals surface area contributed by atoms with Crippen molar-refractivity contribution < 1.29 is 30.3 Å². The Kier molecular flexibility index (Phi) is 3.15. The molecule has 2 aromatic carbocycles. The van der Waals surface area contributed by atoms with Crippen LogP contribution in [0.5, 0.6) is 28.7 Å². The lowest BCUT2D eigenvalue weighted by Gasteiger charge is -2.09. The molecule has 0 saturated heterocycles. The molecule has 0 spiro atoms. The lowest BCUT2D eigenvalue weighted by molar-refractivity contribution is 0.103. The average molecular weight is 276 g/mol. The normalized spacial score (nSPS) is 10.4. The van der Waals surface area contributed by atoms with Gasteiger partial charge in [-0.05, 0) is 24.6 Å². The van der Waals surface area contributed by atoms with E-state index in [2.05, 4.69) is 0 Å². The van der Waals surface area contributed by atoms with E-state index < -0.39 is 34.5 Å². The number of phenolic OH excluding ortho intramolecular Hbond substituents is 5. The molecule has 0 bridgehead atoms. The van der Waals surface area contributed by atoms with Crippen molar-refractivity contribution in [2.24, 2.45) is 0 Å². The van der Waals surface area contributed by atoms with Crippen LogP contribution in [0.25, 0.3) is 0 Å². The number of ketones is 1. The minimum Gasteiger partial charge on any atom is -0.507 e. The molecular weight excluding hydrogens is 264 g/mol. The summed E-state index contributed by atoms with van der Waals surface area (Å²) in [5, 5.41) is 47.5. The third-order valence-electron chi connectivity index (χ3n) is 2.94. The van der Waals surface area contributed by atoms with Gasteiger partial charge in [0.1, 0.15) is 5.75 Å². The van der Waals surface area contributed by atoms with Gasteiger partial charge in [0.15, 0.2) is 23.0 Å². The topological polar surface area (TPSA) is 118 Å². The molecule has 6 nitrogen and oxygen atoms in total. The zero-order chi connectivity index (χ0) is 15.0. The number of phenols is 5. The fraction of sp³-hybridized carbons (Fsp3) is 0.0714. The van der Waals surface area contributed by atoms with Gasteiger partial charge in [-0.15, -0.1) is 0 Å². The second-order valence-electron chi connectivity index (χ2n) is 4.31. The van der Waals surface area contributed by atoms with Gasteiger partial charge in [-0.3, -0.25) is 4.79 Å². The van der Waals surface area contributed by atoms with Gasteiger partial charge in [0, 0.05) is 6.07 Å². The Morgan fingerprint density at radius 3 is 2.05 bits per heavy atom. The van der Waals surface area contributed by atoms with Crippen molar-refractivity contribution in [3.63, 3.8) is 0 Å². The third kappa shape index (κ3) is 2.07. The van der Waals surface area contributed by atoms with Crippen molar-refractivity contribution in [1.29, 1.82) is 0 Å². The first kappa shape index (κ1) is 13.5. The molecule has 6 heteroatoms. The second kappa shape index (κ2) is 4.65. The Bertz CT molecular complexity index is 701. The molecule has 0 saturated carbocycles. The summed E-state index contributed by atoms with van der Waals surface area (Å²) in [6, 6.07) is 4.41. The largest absolute Gasteiger partial charge is 0.507 e. The quantitative estimate of drug-likeness (QED) is 0.324. The van der Waals surface area contributed by atoms with Gasteiger partial charge in [-0.25, -0.2) is 0 Å². The highest BCUT2D eigenvalue weighted by molar-refractivity contribution is 6.13. The van der Waals surface area contributed by atoms with Crippen LogP contribution in [-0.2, 0) is 0 Å². The molecular formula is C14H12O6. The van der Waals surface area contributed by atoms with Crippen LogP contribution in [0, 0.1) is 6.92 Å². The van der Waals surface area contributed by atoms with Crippen molar-refractivity contribution in [1.82, 2.24) is 0 Å². The highest BCUT2D eigenvalue weighted by atomic mass is 16.3. The van der Waals surface area contributed by atoms with Crippen LogP contribution in [0.4, 0.5) is 0 Å². The lowest BCUT2D eigenvalue weighted by Crippen LogP contribution is -2.02. The van der Waals surface area contributed by atoms with E-state index in [1.807, 2.05) is 0 Å². The van der Waals surface area contributed by atoms with Crippen molar-refractivity contribution in [2.75, 3.05) is 0 Å². The van der Waals surface area contributed by atoms with Crippen molar-refractivity contribution in [3.8, 4) is 28.7 Å². The van der Waals surface area contributed by atoms with E-state index in [-0.39, 0.29) is 11.1 Å². The molecule has 0 aromatic heterocycles. The van der Waals surface area contributed by atoms with Crippen LogP contribution >= 0.6 is 0 Å². The Hall–Kier alpha value is -2.89. The summed E-state index contributed by atoms with van der Waals surface area (Å²) < 4.78 is 0. The Morgan fingerprint density at radius 2 is 1.40 bits per heavy atom. The molecule has 20 heavy (non-hydrogen) atoms. The SMILES string of the molecule is Cc1ccc(C(=O)c2cc(O)c(O)cc2O)c(O)c1O. The molecule has 2 aromatic rings. The Balaban J connectivity index is 2.58. The van der Waals surface area contributed by atoms with Gasteiger partial charge in [-0.1, -0.05) is 6.07 Å². The molecule has 0 aliphatic rings. The number of rotatable bonds is 2. The molecule has 0 atom stereocenters. The van der Waals surface area contributed by atoms with Crippen molar-refractivity contribution in [3.05, 3.63) is 41.0 Å². The Morgan fingerprint density at radius 1 is 0.800 bits per heavy atom. The molecule has 0 heterocycles. The van der Waals surface area contributed by atoms with E-state index in [4.69, 9.17) is 0 Å². The zero-order valence-corrected chi connectivity index (χ0v) is 10.5. The number of aryl methyl sites for hydroxylation is 1. The van der Waals surface area contributed by atoms with Crippen LogP contribution in [0.3, 0.4) is 0 Å². The summed E-state index contributed by atoms with van der Waals surface area (Å²) in [4.78, 5) is 12.2. The highest BCUT2D eigenvalue weighted by Gasteiger charge is 2.21. The first-order valence-electron chi connectivity index (χ1n) is 5.64. The minimum atomic E-state index is -0.800. The van der Waals surface area contributed by atoms with Crippen LogP contribution in [0.15, 0.2) is 24.3 Å². The van der Waals surface area contributed by atoms with Crippen LogP contribution < -0.4 is 0 Å². The van der Waals surface area contributed by atoms with Gasteiger partial charge in [0.25, 0.3) is 0 Å². The van der Waals surface area contributed by atoms with Crippen LogP contribution in [-0.4, -0.2) is 31.3 Å². The summed E-state index contributed by atoms with van der Waals surface area (Å²) in [6.07, 6.45) is 0. The van der Waals surface area contributed by atoms with E-state index in [1.54, 1.807) is 6.92 Å². The number of carbonyl (C=O) groups is 1. The maximum Gasteiger partial charge on any atom is 0.200 e. The number of hydrogen-bond donors (Lipinski definition) is 5. The summed E-state index contributed by atoms with van der Waals surface area (Å²) in [6.45, 7) is 1.55. The molecule has 104 valence electrons. The second-order valence-corrected chi connectivity index (χ2v) is 4.31. The maximum atomic E-state index is 12.2. The first-order valence-corrected chi connectivity index (χ1v) is 5.64. The highest BCUT2D eigenvalue weighted by Crippen LogP contribution is 2.37. The van der Waals surface area contributed by atoms with E-state index >= 15 is 0 Å². The molecule has 0 aliphatic heterocycles. The predicted molar refractivity (Wildman–Crippen MR) is 69.4 cm³/mol. The first-order chi connectivity index (χ1) is 9.32. The lowest BCUT2D eigenvalue weighted by atomic mass is 9.99. The minimum absolute atomic E-state index is 0.228. The molecule has 0 radical (unpaired) electrons. The van der Waals surface area contributed by atoms with E-state index in [1.165, 1.54) is 12.1 Å². The summed E-state index contributed by atoms with van der Waals surface area (Å²) in [5.41, 5.74) is -0.149. The van der Waals surface area contributed by atoms with Crippen molar-refractivity contribution >= 4 is 5.78 Å². The standard InChI is InChI=1S/C14H12O6/c1-6-2-3-7(14(20)12(6)18)13(19)8-4-10(16)11(17)5-9(8)15/h2-5,15-18,20H,1H3. The number of benzene rings is 2. The van der Waals surface area contributed by atoms with Gasteiger partial charge in [0.05, 0.1) is 11.1 Å². The fourth-order valence-electron chi connectivity index (χ4n) is 1.76. The zero-order valence-electron chi connectivity index (χ0n) is 10.5. The predicted octanol–water partition coefficient (Wildman–Crippen LogP) is 1.75. The molecule has 5 N–H and O–H groups in total. The molecule has 0 aliphatic carbocycles. The maximum absolute atomic E-state index is 12.2. The van der Waals surface area contributed by atoms with Crippen LogP contribution in [0.1, 0.15) is 21.5 Å². The third-order valence-corrected chi connectivity index (χ3v) is 2.94. The van der Waals surface area contributed by atoms with E-state index in [9.17, 15) is 30.3 Å². The molecule has 0 fully saturated rings. The molecule has 2 rings (SSSR count). The van der Waals surface area contributed by atoms with E-state index in [0.29, 0.717) is 5.56 Å². The van der Waals surface area contributed by atoms with Gasteiger partial charge in [-0.2, -0.15) is 0 Å². The number of carbonyl (C=O) groups excluding carboxylic acids is 1. The fourth-order valence-corrected chi connectivity index (χ4v) is 1.76. The number of aromatic hydroxyl groups is 5. The van der Waals surface area contributed by atoms with E-state index in [0.717, 1.165) is 12.1 Å². The summed E-state index contributed by atoms with van der Waals surface area (Å²) in [5.74, 6) is -3.55. The van der Waals surface area contributed by atoms with Gasteiger partial charge < -0.3 is 25.5 Å². The van der Waals surface area contributed by atoms with Crippen molar-refractivity contribution in [2.45, 2.75) is 6.92 Å². The average Bonchev–Trinajstić information content (AvgIpc) is 2.40. The summed E-state index contributed by atoms with van der Waals surface area (Å²) >= 11 is 0. The van der Waals surface area contributed by atoms with Crippen LogP contribution in [0.2, 0.25) is 0 Å². The summed E-state index contributed by atoms with van der Waals surface area (Å²) in [7, 11) is 0. The molecule has 0 unspecified atom stereocenters.